The first-order valence-corrected chi connectivity index (χ1v) is 8.68. The number of thioether (sulfide) groups is 1. The van der Waals surface area contributed by atoms with E-state index in [-0.39, 0.29) is 16.1 Å². The number of carbonyl (C=O) groups is 1. The number of nitrogens with one attached hydrogen (secondary N) is 1. The van der Waals surface area contributed by atoms with Crippen molar-refractivity contribution in [2.75, 3.05) is 4.90 Å². The number of hydrogen-bond donors (Lipinski definition) is 1. The molecule has 0 aliphatic heterocycles. The topological polar surface area (TPSA) is 53.4 Å². The Morgan fingerprint density at radius 3 is 2.40 bits per heavy atom. The second-order valence-corrected chi connectivity index (χ2v) is 7.93. The van der Waals surface area contributed by atoms with Gasteiger partial charge in [0.25, 0.3) is 0 Å². The fraction of sp³-hybridized carbons (Fsp3) is 0.529. The monoisotopic (exact) mass is 376 g/mol. The van der Waals surface area contributed by atoms with Crippen molar-refractivity contribution in [2.24, 2.45) is 0 Å². The average Bonchev–Trinajstić information content (AvgIpc) is 2.44. The molecule has 25 heavy (non-hydrogen) atoms. The van der Waals surface area contributed by atoms with Crippen molar-refractivity contribution in [3.63, 3.8) is 0 Å². The Hall–Kier alpha value is -1.70. The van der Waals surface area contributed by atoms with E-state index in [1.807, 2.05) is 13.8 Å². The molecule has 0 aliphatic carbocycles. The van der Waals surface area contributed by atoms with Gasteiger partial charge in [0.1, 0.15) is 5.60 Å². The van der Waals surface area contributed by atoms with E-state index in [0.717, 1.165) is 35.2 Å². The van der Waals surface area contributed by atoms with E-state index in [0.29, 0.717) is 0 Å². The van der Waals surface area contributed by atoms with Gasteiger partial charge in [-0.1, -0.05) is 31.7 Å². The van der Waals surface area contributed by atoms with Gasteiger partial charge >= 0.3 is 12.3 Å². The predicted molar refractivity (Wildman–Crippen MR) is 95.2 cm³/mol. The fourth-order valence-electron chi connectivity index (χ4n) is 1.76. The van der Waals surface area contributed by atoms with Crippen LogP contribution in [0.3, 0.4) is 0 Å². The summed E-state index contributed by atoms with van der Waals surface area (Å²) in [4.78, 5) is 13.4. The first-order valence-electron chi connectivity index (χ1n) is 7.80. The van der Waals surface area contributed by atoms with Gasteiger partial charge in [0.05, 0.1) is 11.3 Å². The summed E-state index contributed by atoms with van der Waals surface area (Å²) in [5.41, 5.74) is -1.78. The Bertz CT molecular complexity index is 627. The summed E-state index contributed by atoms with van der Waals surface area (Å²) in [6.07, 6.45) is -4.67. The van der Waals surface area contributed by atoms with Crippen LogP contribution in [-0.4, -0.2) is 22.1 Å². The molecule has 0 bridgehead atoms. The molecule has 0 aliphatic rings. The minimum Gasteiger partial charge on any atom is -0.443 e. The Balaban J connectivity index is 3.27. The molecule has 1 rings (SSSR count). The van der Waals surface area contributed by atoms with Crippen LogP contribution in [-0.2, 0) is 10.9 Å². The molecule has 1 aromatic rings. The molecule has 1 N–H and O–H groups in total. The average molecular weight is 376 g/mol. The maximum absolute atomic E-state index is 13.0. The summed E-state index contributed by atoms with van der Waals surface area (Å²) < 4.78 is 44.2. The highest BCUT2D eigenvalue weighted by Gasteiger charge is 2.33. The standard InChI is InChI=1S/C17H23F3N2O2S/c1-6-11(2)25-14(21)22(15(23)24-16(3,4)5)13-9-7-8-12(10-13)17(18,19)20/h7-11,21H,6H2,1-5H3. The molecular weight excluding hydrogens is 353 g/mol. The quantitative estimate of drug-likeness (QED) is 0.527. The molecule has 4 nitrogen and oxygen atoms in total. The maximum Gasteiger partial charge on any atom is 0.421 e. The molecule has 0 aromatic heterocycles. The van der Waals surface area contributed by atoms with E-state index in [1.54, 1.807) is 20.8 Å². The molecule has 1 atom stereocenters. The molecule has 1 unspecified atom stereocenters. The number of ether oxygens (including phenoxy) is 1. The normalized spacial score (nSPS) is 13.3. The minimum absolute atomic E-state index is 0.0308. The molecule has 0 fully saturated rings. The molecule has 0 radical (unpaired) electrons. The third-order valence-corrected chi connectivity index (χ3v) is 4.24. The fourth-order valence-corrected chi connectivity index (χ4v) is 2.59. The lowest BCUT2D eigenvalue weighted by Gasteiger charge is -2.28. The van der Waals surface area contributed by atoms with Crippen molar-refractivity contribution in [1.29, 1.82) is 5.41 Å². The van der Waals surface area contributed by atoms with Crippen molar-refractivity contribution in [2.45, 2.75) is 58.1 Å². The first-order chi connectivity index (χ1) is 11.3. The minimum atomic E-state index is -4.54. The number of alkyl halides is 3. The summed E-state index contributed by atoms with van der Waals surface area (Å²) in [5, 5.41) is 8.04. The molecule has 140 valence electrons. The van der Waals surface area contributed by atoms with Gasteiger partial charge in [-0.05, 0) is 45.4 Å². The number of halogens is 3. The number of amidine groups is 1. The summed E-state index contributed by atoms with van der Waals surface area (Å²) in [6, 6.07) is 4.32. The molecule has 0 spiro atoms. The van der Waals surface area contributed by atoms with Crippen LogP contribution in [0, 0.1) is 5.41 Å². The summed E-state index contributed by atoms with van der Waals surface area (Å²) >= 11 is 1.10. The van der Waals surface area contributed by atoms with Gasteiger partial charge < -0.3 is 4.74 Å². The number of anilines is 1. The maximum atomic E-state index is 13.0. The molecule has 0 heterocycles. The van der Waals surface area contributed by atoms with E-state index in [4.69, 9.17) is 10.1 Å². The van der Waals surface area contributed by atoms with Gasteiger partial charge in [0.15, 0.2) is 5.17 Å². The lowest BCUT2D eigenvalue weighted by atomic mass is 10.2. The third-order valence-electron chi connectivity index (χ3n) is 3.10. The second-order valence-electron chi connectivity index (χ2n) is 6.51. The summed E-state index contributed by atoms with van der Waals surface area (Å²) in [7, 11) is 0. The first kappa shape index (κ1) is 21.3. The van der Waals surface area contributed by atoms with Crippen LogP contribution >= 0.6 is 11.8 Å². The van der Waals surface area contributed by atoms with E-state index in [9.17, 15) is 18.0 Å². The van der Waals surface area contributed by atoms with E-state index in [2.05, 4.69) is 0 Å². The predicted octanol–water partition coefficient (Wildman–Crippen LogP) is 5.91. The van der Waals surface area contributed by atoms with Crippen molar-refractivity contribution >= 4 is 28.7 Å². The lowest BCUT2D eigenvalue weighted by Crippen LogP contribution is -2.40. The molecule has 1 amide bonds. The smallest absolute Gasteiger partial charge is 0.421 e. The van der Waals surface area contributed by atoms with Crippen molar-refractivity contribution in [1.82, 2.24) is 0 Å². The zero-order valence-electron chi connectivity index (χ0n) is 14.9. The van der Waals surface area contributed by atoms with Crippen LogP contribution in [0.25, 0.3) is 0 Å². The van der Waals surface area contributed by atoms with Crippen molar-refractivity contribution in [3.05, 3.63) is 29.8 Å². The van der Waals surface area contributed by atoms with E-state index >= 15 is 0 Å². The Labute approximate surface area is 150 Å². The highest BCUT2D eigenvalue weighted by molar-refractivity contribution is 8.14. The highest BCUT2D eigenvalue weighted by atomic mass is 32.2. The van der Waals surface area contributed by atoms with Gasteiger partial charge in [-0.25, -0.2) is 9.69 Å². The van der Waals surface area contributed by atoms with Crippen LogP contribution in [0.4, 0.5) is 23.7 Å². The zero-order chi connectivity index (χ0) is 19.4. The van der Waals surface area contributed by atoms with Crippen molar-refractivity contribution in [3.8, 4) is 0 Å². The number of amides is 1. The number of hydrogen-bond acceptors (Lipinski definition) is 4. The van der Waals surface area contributed by atoms with Crippen LogP contribution in [0.5, 0.6) is 0 Å². The second kappa shape index (κ2) is 8.12. The highest BCUT2D eigenvalue weighted by Crippen LogP contribution is 2.33. The van der Waals surface area contributed by atoms with E-state index < -0.39 is 23.4 Å². The van der Waals surface area contributed by atoms with E-state index in [1.165, 1.54) is 12.1 Å². The molecular formula is C17H23F3N2O2S. The van der Waals surface area contributed by atoms with Crippen LogP contribution in [0.2, 0.25) is 0 Å². The Morgan fingerprint density at radius 1 is 1.32 bits per heavy atom. The molecule has 0 saturated carbocycles. The number of benzene rings is 1. The number of nitrogens with zero attached hydrogens (tertiary/aromatic N) is 1. The van der Waals surface area contributed by atoms with Gasteiger partial charge in [0.2, 0.25) is 0 Å². The van der Waals surface area contributed by atoms with Gasteiger partial charge in [0, 0.05) is 5.25 Å². The molecule has 1 aromatic carbocycles. The summed E-state index contributed by atoms with van der Waals surface area (Å²) in [5.74, 6) is 0. The number of rotatable bonds is 3. The zero-order valence-corrected chi connectivity index (χ0v) is 15.7. The van der Waals surface area contributed by atoms with Crippen LogP contribution < -0.4 is 4.90 Å². The SMILES string of the molecule is CCC(C)SC(=N)N(C(=O)OC(C)(C)C)c1cccc(C(F)(F)F)c1. The van der Waals surface area contributed by atoms with Gasteiger partial charge in [-0.3, -0.25) is 5.41 Å². The summed E-state index contributed by atoms with van der Waals surface area (Å²) in [6.45, 7) is 8.76. The van der Waals surface area contributed by atoms with Gasteiger partial charge in [-0.2, -0.15) is 13.2 Å². The number of carbonyl (C=O) groups excluding carboxylic acids is 1. The van der Waals surface area contributed by atoms with Gasteiger partial charge in [-0.15, -0.1) is 0 Å². The molecule has 0 saturated heterocycles. The molecule has 8 heteroatoms. The lowest BCUT2D eigenvalue weighted by molar-refractivity contribution is -0.137. The van der Waals surface area contributed by atoms with Crippen LogP contribution in [0.15, 0.2) is 24.3 Å². The Morgan fingerprint density at radius 2 is 1.92 bits per heavy atom. The largest absolute Gasteiger partial charge is 0.443 e. The van der Waals surface area contributed by atoms with Crippen molar-refractivity contribution < 1.29 is 22.7 Å². The third kappa shape index (κ3) is 6.61. The Kier molecular flexibility index (Phi) is 6.93. The van der Waals surface area contributed by atoms with Crippen LogP contribution in [0.1, 0.15) is 46.6 Å².